The highest BCUT2D eigenvalue weighted by molar-refractivity contribution is 6.16. The smallest absolute Gasteiger partial charge is 0.339 e. The van der Waals surface area contributed by atoms with E-state index in [4.69, 9.17) is 19.9 Å². The van der Waals surface area contributed by atoms with Crippen molar-refractivity contribution in [3.05, 3.63) is 52.6 Å². The minimum absolute atomic E-state index is 0.0514. The highest BCUT2D eigenvalue weighted by Crippen LogP contribution is 2.52. The van der Waals surface area contributed by atoms with Gasteiger partial charge in [0, 0.05) is 11.3 Å². The van der Waals surface area contributed by atoms with Gasteiger partial charge in [-0.3, -0.25) is 0 Å². The monoisotopic (exact) mass is 400 g/mol. The van der Waals surface area contributed by atoms with Crippen molar-refractivity contribution in [3.63, 3.8) is 0 Å². The van der Waals surface area contributed by atoms with Gasteiger partial charge in [0.1, 0.15) is 28.3 Å². The van der Waals surface area contributed by atoms with E-state index in [0.717, 1.165) is 0 Å². The Morgan fingerprint density at radius 3 is 2.45 bits per heavy atom. The summed E-state index contributed by atoms with van der Waals surface area (Å²) >= 11 is 0. The van der Waals surface area contributed by atoms with Crippen LogP contribution in [-0.4, -0.2) is 30.1 Å². The van der Waals surface area contributed by atoms with Gasteiger partial charge < -0.3 is 25.3 Å². The lowest BCUT2D eigenvalue weighted by atomic mass is 9.67. The van der Waals surface area contributed by atoms with Crippen molar-refractivity contribution in [2.45, 2.75) is 45.6 Å². The number of anilines is 1. The predicted octanol–water partition coefficient (Wildman–Crippen LogP) is 2.26. The van der Waals surface area contributed by atoms with Crippen LogP contribution in [0.5, 0.6) is 0 Å². The number of nitrogens with one attached hydrogen (secondary N) is 1. The molecule has 0 aliphatic carbocycles. The summed E-state index contributed by atoms with van der Waals surface area (Å²) in [6.45, 7) is 8.30. The first-order chi connectivity index (χ1) is 13.5. The number of allylic oxidation sites excluding steroid dienone is 1. The van der Waals surface area contributed by atoms with Crippen molar-refractivity contribution < 1.29 is 28.6 Å². The number of carbonyl (C=O) groups excluding carboxylic acids is 3. The van der Waals surface area contributed by atoms with Gasteiger partial charge in [0.15, 0.2) is 5.41 Å². The second-order valence-corrected chi connectivity index (χ2v) is 7.75. The van der Waals surface area contributed by atoms with Gasteiger partial charge in [0.25, 0.3) is 0 Å². The summed E-state index contributed by atoms with van der Waals surface area (Å²) in [6.07, 6.45) is 0. The number of hydrogen-bond donors (Lipinski definition) is 2. The first-order valence-electron chi connectivity index (χ1n) is 9.24. The molecule has 154 valence electrons. The third-order valence-electron chi connectivity index (χ3n) is 4.61. The van der Waals surface area contributed by atoms with E-state index in [1.54, 1.807) is 52.0 Å². The molecule has 1 spiro atoms. The van der Waals surface area contributed by atoms with Gasteiger partial charge in [-0.15, -0.1) is 0 Å². The fraction of sp³-hybridized carbons (Fsp3) is 0.381. The molecule has 0 aromatic heterocycles. The minimum atomic E-state index is -1.88. The lowest BCUT2D eigenvalue weighted by Gasteiger charge is -2.36. The number of para-hydroxylation sites is 1. The number of benzene rings is 1. The number of rotatable bonds is 3. The van der Waals surface area contributed by atoms with Gasteiger partial charge in [-0.1, -0.05) is 18.2 Å². The molecule has 3 rings (SSSR count). The second-order valence-electron chi connectivity index (χ2n) is 7.75. The summed E-state index contributed by atoms with van der Waals surface area (Å²) in [5, 5.41) is 2.92. The van der Waals surface area contributed by atoms with Crippen molar-refractivity contribution in [1.82, 2.24) is 0 Å². The van der Waals surface area contributed by atoms with E-state index in [0.29, 0.717) is 11.3 Å². The third-order valence-corrected chi connectivity index (χ3v) is 4.61. The molecule has 8 nitrogen and oxygen atoms in total. The average molecular weight is 400 g/mol. The van der Waals surface area contributed by atoms with E-state index in [2.05, 4.69) is 5.32 Å². The first-order valence-corrected chi connectivity index (χ1v) is 9.24. The highest BCUT2D eigenvalue weighted by Gasteiger charge is 2.63. The van der Waals surface area contributed by atoms with Crippen LogP contribution in [0, 0.1) is 0 Å². The summed E-state index contributed by atoms with van der Waals surface area (Å²) in [4.78, 5) is 39.4. The van der Waals surface area contributed by atoms with Gasteiger partial charge in [-0.05, 0) is 40.7 Å². The second kappa shape index (κ2) is 6.95. The van der Waals surface area contributed by atoms with Gasteiger partial charge in [-0.2, -0.15) is 0 Å². The molecule has 29 heavy (non-hydrogen) atoms. The molecule has 0 radical (unpaired) electrons. The average Bonchev–Trinajstić information content (AvgIpc) is 2.84. The topological polar surface area (TPSA) is 117 Å². The Morgan fingerprint density at radius 2 is 1.83 bits per heavy atom. The Morgan fingerprint density at radius 1 is 1.17 bits per heavy atom. The van der Waals surface area contributed by atoms with Gasteiger partial charge in [0.05, 0.1) is 6.61 Å². The first kappa shape index (κ1) is 20.4. The zero-order chi connectivity index (χ0) is 21.6. The summed E-state index contributed by atoms with van der Waals surface area (Å²) in [6, 6.07) is 6.77. The maximum Gasteiger partial charge on any atom is 0.339 e. The van der Waals surface area contributed by atoms with Crippen molar-refractivity contribution in [2.24, 2.45) is 5.73 Å². The van der Waals surface area contributed by atoms with E-state index < -0.39 is 28.9 Å². The minimum Gasteiger partial charge on any atom is -0.462 e. The number of hydrogen-bond acceptors (Lipinski definition) is 8. The van der Waals surface area contributed by atoms with Gasteiger partial charge >= 0.3 is 17.9 Å². The molecule has 3 N–H and O–H groups in total. The zero-order valence-electron chi connectivity index (χ0n) is 17.0. The quantitative estimate of drug-likeness (QED) is 0.586. The van der Waals surface area contributed by atoms with Crippen LogP contribution >= 0.6 is 0 Å². The van der Waals surface area contributed by atoms with Crippen molar-refractivity contribution >= 4 is 23.6 Å². The Bertz CT molecular complexity index is 970. The molecule has 0 saturated carbocycles. The molecular weight excluding hydrogens is 376 g/mol. The third kappa shape index (κ3) is 3.14. The van der Waals surface area contributed by atoms with Crippen LogP contribution < -0.4 is 11.1 Å². The van der Waals surface area contributed by atoms with E-state index in [1.165, 1.54) is 6.92 Å². The SMILES string of the molecule is CCOC(=O)C1=C(N)Nc2ccccc2C12C(=O)OC(C)=C2C(=O)OC(C)(C)C. The number of ether oxygens (including phenoxy) is 3. The lowest BCUT2D eigenvalue weighted by Crippen LogP contribution is -2.48. The lowest BCUT2D eigenvalue weighted by molar-refractivity contribution is -0.152. The zero-order valence-corrected chi connectivity index (χ0v) is 17.0. The summed E-state index contributed by atoms with van der Waals surface area (Å²) in [5.74, 6) is -2.44. The molecule has 8 heteroatoms. The van der Waals surface area contributed by atoms with E-state index >= 15 is 0 Å². The number of carbonyl (C=O) groups is 3. The van der Waals surface area contributed by atoms with E-state index in [9.17, 15) is 14.4 Å². The normalized spacial score (nSPS) is 20.9. The molecule has 1 aromatic rings. The number of fused-ring (bicyclic) bond motifs is 2. The summed E-state index contributed by atoms with van der Waals surface area (Å²) in [5.41, 5.74) is 4.01. The Kier molecular flexibility index (Phi) is 4.90. The molecular formula is C21H24N2O6. The van der Waals surface area contributed by atoms with Crippen LogP contribution in [0.4, 0.5) is 5.69 Å². The van der Waals surface area contributed by atoms with Crippen LogP contribution in [0.25, 0.3) is 0 Å². The molecule has 1 atom stereocenters. The Balaban J connectivity index is 2.34. The Hall–Kier alpha value is -3.29. The van der Waals surface area contributed by atoms with Crippen LogP contribution in [0.15, 0.2) is 47.0 Å². The molecule has 1 unspecified atom stereocenters. The number of nitrogens with two attached hydrogens (primary N) is 1. The van der Waals surface area contributed by atoms with Gasteiger partial charge in [-0.25, -0.2) is 14.4 Å². The molecule has 1 aromatic carbocycles. The van der Waals surface area contributed by atoms with Crippen LogP contribution in [0.3, 0.4) is 0 Å². The molecule has 0 fully saturated rings. The molecule has 0 saturated heterocycles. The fourth-order valence-corrected chi connectivity index (χ4v) is 3.66. The molecule has 2 heterocycles. The standard InChI is InChI=1S/C21H24N2O6/c1-6-27-17(24)15-16(22)23-13-10-8-7-9-12(13)21(15)14(11(2)28-19(21)26)18(25)29-20(3,4)5/h7-10,23H,6,22H2,1-5H3. The van der Waals surface area contributed by atoms with Crippen LogP contribution in [0.2, 0.25) is 0 Å². The van der Waals surface area contributed by atoms with Crippen LogP contribution in [-0.2, 0) is 34.0 Å². The number of cyclic esters (lactones) is 1. The largest absolute Gasteiger partial charge is 0.462 e. The number of esters is 3. The molecule has 2 aliphatic heterocycles. The molecule has 0 amide bonds. The molecule has 2 aliphatic rings. The summed E-state index contributed by atoms with van der Waals surface area (Å²) < 4.78 is 16.1. The summed E-state index contributed by atoms with van der Waals surface area (Å²) in [7, 11) is 0. The van der Waals surface area contributed by atoms with E-state index in [1.807, 2.05) is 0 Å². The highest BCUT2D eigenvalue weighted by atomic mass is 16.6. The maximum absolute atomic E-state index is 13.3. The molecule has 0 bridgehead atoms. The maximum atomic E-state index is 13.3. The van der Waals surface area contributed by atoms with Crippen molar-refractivity contribution in [2.75, 3.05) is 11.9 Å². The fourth-order valence-electron chi connectivity index (χ4n) is 3.66. The van der Waals surface area contributed by atoms with E-state index in [-0.39, 0.29) is 29.3 Å². The Labute approximate surface area is 168 Å². The van der Waals surface area contributed by atoms with Gasteiger partial charge in [0.2, 0.25) is 0 Å². The van der Waals surface area contributed by atoms with Crippen molar-refractivity contribution in [1.29, 1.82) is 0 Å². The van der Waals surface area contributed by atoms with Crippen molar-refractivity contribution in [3.8, 4) is 0 Å². The van der Waals surface area contributed by atoms with Crippen LogP contribution in [0.1, 0.15) is 40.2 Å². The predicted molar refractivity (Wildman–Crippen MR) is 104 cm³/mol.